The molecular formula is C21H31N3O4. The average molecular weight is 389 g/mol. The van der Waals surface area contributed by atoms with Gasteiger partial charge in [-0.15, -0.1) is 0 Å². The number of amides is 1. The van der Waals surface area contributed by atoms with Crippen LogP contribution in [0.25, 0.3) is 10.9 Å². The van der Waals surface area contributed by atoms with Gasteiger partial charge in [-0.2, -0.15) is 0 Å². The summed E-state index contributed by atoms with van der Waals surface area (Å²) in [6.45, 7) is 6.13. The molecule has 28 heavy (non-hydrogen) atoms. The molecule has 1 aromatic carbocycles. The lowest BCUT2D eigenvalue weighted by molar-refractivity contribution is 0.0994. The molecular weight excluding hydrogens is 358 g/mol. The quantitative estimate of drug-likeness (QED) is 0.608. The van der Waals surface area contributed by atoms with Crippen LogP contribution in [0.1, 0.15) is 31.9 Å². The molecule has 1 heterocycles. The Balaban J connectivity index is 1.79. The molecule has 2 aromatic rings. The van der Waals surface area contributed by atoms with Gasteiger partial charge >= 0.3 is 6.09 Å². The van der Waals surface area contributed by atoms with E-state index in [4.69, 9.17) is 9.47 Å². The van der Waals surface area contributed by atoms with E-state index in [2.05, 4.69) is 10.3 Å². The molecule has 0 unspecified atom stereocenters. The molecule has 0 saturated heterocycles. The number of ether oxygens (including phenoxy) is 2. The normalized spacial score (nSPS) is 12.2. The molecule has 1 atom stereocenters. The summed E-state index contributed by atoms with van der Waals surface area (Å²) >= 11 is 0. The van der Waals surface area contributed by atoms with Gasteiger partial charge in [-0.05, 0) is 48.7 Å². The summed E-state index contributed by atoms with van der Waals surface area (Å²) in [6.07, 6.45) is 1.51. The second-order valence-electron chi connectivity index (χ2n) is 7.25. The SMILES string of the molecule is COc1ccc2nccc([C@H](O)CNCCCN(C)C(=O)OCC(C)C)c2c1. The van der Waals surface area contributed by atoms with Crippen LogP contribution in [0, 0.1) is 5.92 Å². The number of nitrogens with one attached hydrogen (secondary N) is 1. The first-order chi connectivity index (χ1) is 13.4. The lowest BCUT2D eigenvalue weighted by atomic mass is 10.0. The predicted octanol–water partition coefficient (Wildman–Crippen LogP) is 2.98. The van der Waals surface area contributed by atoms with Crippen LogP contribution in [0.2, 0.25) is 0 Å². The van der Waals surface area contributed by atoms with Crippen molar-refractivity contribution in [3.8, 4) is 5.75 Å². The van der Waals surface area contributed by atoms with E-state index in [0.29, 0.717) is 32.2 Å². The molecule has 0 saturated carbocycles. The van der Waals surface area contributed by atoms with Gasteiger partial charge in [-0.25, -0.2) is 4.79 Å². The molecule has 1 aromatic heterocycles. The van der Waals surface area contributed by atoms with Crippen LogP contribution in [0.5, 0.6) is 5.75 Å². The first-order valence-corrected chi connectivity index (χ1v) is 9.61. The van der Waals surface area contributed by atoms with Gasteiger partial charge < -0.3 is 24.8 Å². The lowest BCUT2D eigenvalue weighted by Crippen LogP contribution is -2.32. The van der Waals surface area contributed by atoms with Crippen LogP contribution in [-0.2, 0) is 4.74 Å². The molecule has 0 aliphatic carbocycles. The molecule has 0 aliphatic heterocycles. The number of nitrogens with zero attached hydrogens (tertiary/aromatic N) is 2. The summed E-state index contributed by atoms with van der Waals surface area (Å²) in [6, 6.07) is 7.45. The predicted molar refractivity (Wildman–Crippen MR) is 110 cm³/mol. The third-order valence-corrected chi connectivity index (χ3v) is 4.38. The number of hydrogen-bond donors (Lipinski definition) is 2. The average Bonchev–Trinajstić information content (AvgIpc) is 2.70. The molecule has 0 radical (unpaired) electrons. The fraction of sp³-hybridized carbons (Fsp3) is 0.524. The van der Waals surface area contributed by atoms with Gasteiger partial charge in [-0.3, -0.25) is 4.98 Å². The highest BCUT2D eigenvalue weighted by atomic mass is 16.6. The molecule has 0 fully saturated rings. The summed E-state index contributed by atoms with van der Waals surface area (Å²) in [4.78, 5) is 17.7. The largest absolute Gasteiger partial charge is 0.497 e. The van der Waals surface area contributed by atoms with Crippen molar-refractivity contribution in [1.82, 2.24) is 15.2 Å². The molecule has 0 spiro atoms. The minimum atomic E-state index is -0.661. The van der Waals surface area contributed by atoms with E-state index in [1.165, 1.54) is 0 Å². The van der Waals surface area contributed by atoms with Crippen molar-refractivity contribution < 1.29 is 19.4 Å². The highest BCUT2D eigenvalue weighted by Crippen LogP contribution is 2.26. The van der Waals surface area contributed by atoms with E-state index in [0.717, 1.165) is 28.6 Å². The molecule has 1 amide bonds. The number of aliphatic hydroxyl groups excluding tert-OH is 1. The van der Waals surface area contributed by atoms with Crippen molar-refractivity contribution in [1.29, 1.82) is 0 Å². The van der Waals surface area contributed by atoms with Crippen LogP contribution in [0.4, 0.5) is 4.79 Å². The summed E-state index contributed by atoms with van der Waals surface area (Å²) in [5.74, 6) is 1.05. The first kappa shape index (κ1) is 21.9. The third-order valence-electron chi connectivity index (χ3n) is 4.38. The van der Waals surface area contributed by atoms with Crippen molar-refractivity contribution in [2.24, 2.45) is 5.92 Å². The molecule has 0 bridgehead atoms. The Morgan fingerprint density at radius 2 is 2.11 bits per heavy atom. The van der Waals surface area contributed by atoms with Crippen molar-refractivity contribution >= 4 is 17.0 Å². The zero-order valence-electron chi connectivity index (χ0n) is 17.1. The molecule has 7 heteroatoms. The number of benzene rings is 1. The van der Waals surface area contributed by atoms with Crippen LogP contribution in [0.3, 0.4) is 0 Å². The molecule has 2 N–H and O–H groups in total. The zero-order valence-corrected chi connectivity index (χ0v) is 17.1. The van der Waals surface area contributed by atoms with E-state index >= 15 is 0 Å². The van der Waals surface area contributed by atoms with Crippen LogP contribution < -0.4 is 10.1 Å². The maximum Gasteiger partial charge on any atom is 0.409 e. The van der Waals surface area contributed by atoms with E-state index in [9.17, 15) is 9.90 Å². The summed E-state index contributed by atoms with van der Waals surface area (Å²) < 4.78 is 10.5. The molecule has 2 rings (SSSR count). The maximum atomic E-state index is 11.8. The lowest BCUT2D eigenvalue weighted by Gasteiger charge is -2.18. The second kappa shape index (κ2) is 10.8. The Morgan fingerprint density at radius 1 is 1.32 bits per heavy atom. The van der Waals surface area contributed by atoms with Crippen LogP contribution in [-0.4, -0.2) is 61.5 Å². The smallest absolute Gasteiger partial charge is 0.409 e. The standard InChI is InChI=1S/C21H31N3O4/c1-15(2)14-28-21(26)24(3)11-5-9-22-13-20(25)17-8-10-23-19-7-6-16(27-4)12-18(17)19/h6-8,10,12,15,20,22,25H,5,9,11,13-14H2,1-4H3/t20-/m1/s1. The number of rotatable bonds is 10. The number of fused-ring (bicyclic) bond motifs is 1. The zero-order chi connectivity index (χ0) is 20.5. The Kier molecular flexibility index (Phi) is 8.47. The Labute approximate surface area is 166 Å². The summed E-state index contributed by atoms with van der Waals surface area (Å²) in [5.41, 5.74) is 1.63. The van der Waals surface area contributed by atoms with Gasteiger partial charge in [0, 0.05) is 31.7 Å². The van der Waals surface area contributed by atoms with Crippen molar-refractivity contribution in [2.45, 2.75) is 26.4 Å². The summed E-state index contributed by atoms with van der Waals surface area (Å²) in [7, 11) is 3.35. The van der Waals surface area contributed by atoms with E-state index in [1.54, 1.807) is 25.3 Å². The van der Waals surface area contributed by atoms with Gasteiger partial charge in [0.2, 0.25) is 0 Å². The number of hydrogen-bond acceptors (Lipinski definition) is 6. The number of pyridine rings is 1. The van der Waals surface area contributed by atoms with Gasteiger partial charge in [-0.1, -0.05) is 13.8 Å². The number of methoxy groups -OCH3 is 1. The number of carbonyl (C=O) groups is 1. The molecule has 7 nitrogen and oxygen atoms in total. The Morgan fingerprint density at radius 3 is 2.82 bits per heavy atom. The van der Waals surface area contributed by atoms with Gasteiger partial charge in [0.05, 0.1) is 25.3 Å². The minimum absolute atomic E-state index is 0.300. The van der Waals surface area contributed by atoms with Crippen molar-refractivity contribution in [3.63, 3.8) is 0 Å². The van der Waals surface area contributed by atoms with Gasteiger partial charge in [0.25, 0.3) is 0 Å². The van der Waals surface area contributed by atoms with Gasteiger partial charge in [0.1, 0.15) is 5.75 Å². The number of carbonyl (C=O) groups excluding carboxylic acids is 1. The van der Waals surface area contributed by atoms with Crippen LogP contribution >= 0.6 is 0 Å². The fourth-order valence-electron chi connectivity index (χ4n) is 2.79. The number of aromatic nitrogens is 1. The Bertz CT molecular complexity index is 766. The fourth-order valence-corrected chi connectivity index (χ4v) is 2.79. The van der Waals surface area contributed by atoms with Crippen molar-refractivity contribution in [2.75, 3.05) is 40.4 Å². The van der Waals surface area contributed by atoms with E-state index in [-0.39, 0.29) is 6.09 Å². The van der Waals surface area contributed by atoms with E-state index in [1.807, 2.05) is 38.1 Å². The third kappa shape index (κ3) is 6.35. The highest BCUT2D eigenvalue weighted by molar-refractivity contribution is 5.83. The highest BCUT2D eigenvalue weighted by Gasteiger charge is 2.13. The molecule has 0 aliphatic rings. The maximum absolute atomic E-state index is 11.8. The van der Waals surface area contributed by atoms with Crippen molar-refractivity contribution in [3.05, 3.63) is 36.0 Å². The Hall–Kier alpha value is -2.38. The van der Waals surface area contributed by atoms with Gasteiger partial charge in [0.15, 0.2) is 0 Å². The minimum Gasteiger partial charge on any atom is -0.497 e. The monoisotopic (exact) mass is 389 g/mol. The topological polar surface area (TPSA) is 83.9 Å². The van der Waals surface area contributed by atoms with E-state index < -0.39 is 6.10 Å². The van der Waals surface area contributed by atoms with Crippen LogP contribution in [0.15, 0.2) is 30.5 Å². The second-order valence-corrected chi connectivity index (χ2v) is 7.25. The summed E-state index contributed by atoms with van der Waals surface area (Å²) in [5, 5.41) is 14.7. The molecule has 154 valence electrons. The number of aliphatic hydroxyl groups is 1. The first-order valence-electron chi connectivity index (χ1n) is 9.61.